The van der Waals surface area contributed by atoms with Gasteiger partial charge in [-0.1, -0.05) is 11.8 Å². The molecule has 7 heteroatoms. The summed E-state index contributed by atoms with van der Waals surface area (Å²) < 4.78 is 15.9. The van der Waals surface area contributed by atoms with Crippen molar-refractivity contribution in [1.29, 1.82) is 0 Å². The molecule has 1 heterocycles. The summed E-state index contributed by atoms with van der Waals surface area (Å²) in [4.78, 5) is 19.0. The maximum Gasteiger partial charge on any atom is 0.255 e. The first-order valence-corrected chi connectivity index (χ1v) is 7.76. The summed E-state index contributed by atoms with van der Waals surface area (Å²) >= 11 is 1.39. The molecule has 22 heavy (non-hydrogen) atoms. The first-order valence-electron chi connectivity index (χ1n) is 6.54. The van der Waals surface area contributed by atoms with Crippen LogP contribution in [0, 0.1) is 0 Å². The molecular formula is C15H18N2O4S. The highest BCUT2D eigenvalue weighted by Crippen LogP contribution is 2.38. The van der Waals surface area contributed by atoms with Gasteiger partial charge in [0.25, 0.3) is 5.56 Å². The van der Waals surface area contributed by atoms with Crippen molar-refractivity contribution >= 4 is 11.8 Å². The van der Waals surface area contributed by atoms with Gasteiger partial charge in [-0.05, 0) is 24.0 Å². The Morgan fingerprint density at radius 1 is 1.14 bits per heavy atom. The minimum absolute atomic E-state index is 0.145. The summed E-state index contributed by atoms with van der Waals surface area (Å²) in [7, 11) is 4.67. The van der Waals surface area contributed by atoms with Gasteiger partial charge in [0.2, 0.25) is 5.75 Å². The van der Waals surface area contributed by atoms with E-state index in [0.717, 1.165) is 5.56 Å². The van der Waals surface area contributed by atoms with Gasteiger partial charge in [0.05, 0.1) is 21.3 Å². The number of aromatic nitrogens is 2. The van der Waals surface area contributed by atoms with Crippen molar-refractivity contribution in [1.82, 2.24) is 9.97 Å². The van der Waals surface area contributed by atoms with Crippen molar-refractivity contribution in [3.8, 4) is 17.2 Å². The Bertz CT molecular complexity index is 690. The highest BCUT2D eigenvalue weighted by molar-refractivity contribution is 7.98. The van der Waals surface area contributed by atoms with Crippen LogP contribution in [0.1, 0.15) is 11.1 Å². The Morgan fingerprint density at radius 3 is 2.23 bits per heavy atom. The van der Waals surface area contributed by atoms with Gasteiger partial charge in [-0.3, -0.25) is 4.79 Å². The highest BCUT2D eigenvalue weighted by atomic mass is 32.2. The molecule has 0 atom stereocenters. The first kappa shape index (κ1) is 16.2. The van der Waals surface area contributed by atoms with Crippen LogP contribution in [0.4, 0.5) is 0 Å². The van der Waals surface area contributed by atoms with Crippen LogP contribution < -0.4 is 19.8 Å². The predicted molar refractivity (Wildman–Crippen MR) is 85.5 cm³/mol. The lowest BCUT2D eigenvalue weighted by Gasteiger charge is -2.14. The van der Waals surface area contributed by atoms with E-state index in [-0.39, 0.29) is 5.56 Å². The van der Waals surface area contributed by atoms with Gasteiger partial charge >= 0.3 is 0 Å². The van der Waals surface area contributed by atoms with E-state index >= 15 is 0 Å². The molecule has 0 aliphatic carbocycles. The van der Waals surface area contributed by atoms with E-state index in [1.54, 1.807) is 27.5 Å². The Hall–Kier alpha value is -2.15. The minimum Gasteiger partial charge on any atom is -0.493 e. The van der Waals surface area contributed by atoms with E-state index in [0.29, 0.717) is 34.4 Å². The predicted octanol–water partition coefficient (Wildman–Crippen LogP) is 2.11. The number of hydrogen-bond donors (Lipinski definition) is 1. The number of rotatable bonds is 6. The molecule has 2 aromatic rings. The molecule has 6 nitrogen and oxygen atoms in total. The largest absolute Gasteiger partial charge is 0.493 e. The van der Waals surface area contributed by atoms with Gasteiger partial charge in [-0.25, -0.2) is 4.98 Å². The Morgan fingerprint density at radius 2 is 1.77 bits per heavy atom. The number of thioether (sulfide) groups is 1. The van der Waals surface area contributed by atoms with Gasteiger partial charge in [0.15, 0.2) is 16.7 Å². The van der Waals surface area contributed by atoms with E-state index in [2.05, 4.69) is 9.97 Å². The normalized spacial score (nSPS) is 10.4. The molecule has 0 saturated heterocycles. The second-order valence-electron chi connectivity index (χ2n) is 4.46. The van der Waals surface area contributed by atoms with Gasteiger partial charge in [-0.2, -0.15) is 0 Å². The van der Waals surface area contributed by atoms with Crippen molar-refractivity contribution in [2.75, 3.05) is 27.6 Å². The summed E-state index contributed by atoms with van der Waals surface area (Å²) in [5, 5.41) is 0.596. The minimum atomic E-state index is -0.145. The van der Waals surface area contributed by atoms with Crippen molar-refractivity contribution in [3.63, 3.8) is 0 Å². The molecule has 0 radical (unpaired) electrons. The summed E-state index contributed by atoms with van der Waals surface area (Å²) in [5.41, 5.74) is 1.30. The van der Waals surface area contributed by atoms with E-state index in [1.807, 2.05) is 18.4 Å². The second-order valence-corrected chi connectivity index (χ2v) is 5.25. The molecule has 0 saturated carbocycles. The number of nitrogens with zero attached hydrogens (tertiary/aromatic N) is 1. The number of aromatic amines is 1. The summed E-state index contributed by atoms with van der Waals surface area (Å²) in [6.45, 7) is 0. The van der Waals surface area contributed by atoms with Crippen molar-refractivity contribution in [2.24, 2.45) is 0 Å². The molecule has 0 fully saturated rings. The number of nitrogens with one attached hydrogen (secondary N) is 1. The fourth-order valence-electron chi connectivity index (χ4n) is 2.09. The molecule has 1 N–H and O–H groups in total. The zero-order valence-corrected chi connectivity index (χ0v) is 13.7. The van der Waals surface area contributed by atoms with Crippen molar-refractivity contribution in [2.45, 2.75) is 11.6 Å². The molecular weight excluding hydrogens is 304 g/mol. The van der Waals surface area contributed by atoms with E-state index in [4.69, 9.17) is 14.2 Å². The fourth-order valence-corrected chi connectivity index (χ4v) is 2.44. The van der Waals surface area contributed by atoms with E-state index in [9.17, 15) is 4.79 Å². The average Bonchev–Trinajstić information content (AvgIpc) is 2.55. The maximum absolute atomic E-state index is 12.0. The second kappa shape index (κ2) is 7.22. The monoisotopic (exact) mass is 322 g/mol. The molecule has 0 aliphatic heterocycles. The lowest BCUT2D eigenvalue weighted by molar-refractivity contribution is 0.324. The molecule has 0 unspecified atom stereocenters. The third kappa shape index (κ3) is 3.36. The van der Waals surface area contributed by atoms with Crippen LogP contribution in [0.25, 0.3) is 0 Å². The van der Waals surface area contributed by atoms with E-state index < -0.39 is 0 Å². The van der Waals surface area contributed by atoms with Crippen LogP contribution in [0.2, 0.25) is 0 Å². The van der Waals surface area contributed by atoms with Crippen LogP contribution in [-0.4, -0.2) is 37.6 Å². The maximum atomic E-state index is 12.0. The zero-order valence-electron chi connectivity index (χ0n) is 12.9. The average molecular weight is 322 g/mol. The SMILES string of the molecule is COc1cc(Cc2cnc(SC)[nH]c2=O)cc(OC)c1OC. The topological polar surface area (TPSA) is 73.4 Å². The first-order chi connectivity index (χ1) is 10.6. The van der Waals surface area contributed by atoms with E-state index in [1.165, 1.54) is 11.8 Å². The summed E-state index contributed by atoms with van der Waals surface area (Å²) in [6, 6.07) is 3.65. The Balaban J connectivity index is 2.39. The van der Waals surface area contributed by atoms with Crippen LogP contribution in [0.3, 0.4) is 0 Å². The van der Waals surface area contributed by atoms with Gasteiger partial charge in [0.1, 0.15) is 0 Å². The van der Waals surface area contributed by atoms with Crippen LogP contribution in [0.15, 0.2) is 28.3 Å². The van der Waals surface area contributed by atoms with Crippen LogP contribution in [-0.2, 0) is 6.42 Å². The van der Waals surface area contributed by atoms with Crippen LogP contribution in [0.5, 0.6) is 17.2 Å². The third-order valence-electron chi connectivity index (χ3n) is 3.16. The van der Waals surface area contributed by atoms with Crippen LogP contribution >= 0.6 is 11.8 Å². The Labute approximate surface area is 132 Å². The quantitative estimate of drug-likeness (QED) is 0.648. The molecule has 2 rings (SSSR count). The highest BCUT2D eigenvalue weighted by Gasteiger charge is 2.14. The standard InChI is InChI=1S/C15H18N2O4S/c1-19-11-6-9(7-12(20-2)13(11)21-3)5-10-8-16-15(22-4)17-14(10)18/h6-8H,5H2,1-4H3,(H,16,17,18). The van der Waals surface area contributed by atoms with Gasteiger partial charge in [-0.15, -0.1) is 0 Å². The molecule has 0 aliphatic rings. The number of methoxy groups -OCH3 is 3. The fraction of sp³-hybridized carbons (Fsp3) is 0.333. The Kier molecular flexibility index (Phi) is 5.32. The summed E-state index contributed by atoms with van der Waals surface area (Å²) in [6.07, 6.45) is 3.87. The smallest absolute Gasteiger partial charge is 0.255 e. The van der Waals surface area contributed by atoms with Crippen molar-refractivity contribution < 1.29 is 14.2 Å². The van der Waals surface area contributed by atoms with Gasteiger partial charge in [0, 0.05) is 18.2 Å². The number of H-pyrrole nitrogens is 1. The molecule has 118 valence electrons. The third-order valence-corrected chi connectivity index (χ3v) is 3.76. The molecule has 1 aromatic carbocycles. The molecule has 0 amide bonds. The lowest BCUT2D eigenvalue weighted by Crippen LogP contribution is -2.14. The number of benzene rings is 1. The number of hydrogen-bond acceptors (Lipinski definition) is 6. The number of ether oxygens (including phenoxy) is 3. The molecule has 1 aromatic heterocycles. The molecule has 0 bridgehead atoms. The zero-order chi connectivity index (χ0) is 16.1. The summed E-state index contributed by atoms with van der Waals surface area (Å²) in [5.74, 6) is 1.64. The molecule has 0 spiro atoms. The van der Waals surface area contributed by atoms with Crippen molar-refractivity contribution in [3.05, 3.63) is 39.8 Å². The lowest BCUT2D eigenvalue weighted by atomic mass is 10.1. The van der Waals surface area contributed by atoms with Gasteiger partial charge < -0.3 is 19.2 Å².